The van der Waals surface area contributed by atoms with E-state index < -0.39 is 0 Å². The molecule has 7 nitrogen and oxygen atoms in total. The Morgan fingerprint density at radius 1 is 1.12 bits per heavy atom. The van der Waals surface area contributed by atoms with Gasteiger partial charge in [-0.05, 0) is 32.1 Å². The second-order valence-corrected chi connectivity index (χ2v) is 7.00. The topological polar surface area (TPSA) is 81.8 Å². The molecule has 2 aromatic rings. The first-order chi connectivity index (χ1) is 11.9. The third kappa shape index (κ3) is 2.62. The maximum absolute atomic E-state index is 4.86. The second kappa shape index (κ2) is 5.73. The molecule has 0 unspecified atom stereocenters. The molecule has 3 N–H and O–H groups in total. The molecule has 0 radical (unpaired) electrons. The molecular weight excluding hydrogens is 302 g/mol. The van der Waals surface area contributed by atoms with Crippen LogP contribution in [0.3, 0.4) is 0 Å². The van der Waals surface area contributed by atoms with Crippen molar-refractivity contribution in [2.75, 3.05) is 36.4 Å². The van der Waals surface area contributed by atoms with Crippen molar-refractivity contribution in [3.05, 3.63) is 23.0 Å². The van der Waals surface area contributed by atoms with Crippen LogP contribution in [0, 0.1) is 0 Å². The molecule has 0 bridgehead atoms. The van der Waals surface area contributed by atoms with E-state index in [0.29, 0.717) is 5.92 Å². The molecule has 7 heteroatoms. The van der Waals surface area contributed by atoms with Gasteiger partial charge in [-0.25, -0.2) is 4.98 Å². The zero-order valence-corrected chi connectivity index (χ0v) is 13.8. The Hall–Kier alpha value is -2.15. The number of aryl methyl sites for hydroxylation is 1. The number of fused-ring (bicyclic) bond motifs is 1. The summed E-state index contributed by atoms with van der Waals surface area (Å²) >= 11 is 0. The fraction of sp³-hybridized carbons (Fsp3) is 0.588. The zero-order valence-electron chi connectivity index (χ0n) is 13.8. The molecule has 0 amide bonds. The lowest BCUT2D eigenvalue weighted by Gasteiger charge is -2.28. The number of nitrogens with one attached hydrogen (secondary N) is 3. The molecule has 126 valence electrons. The fourth-order valence-corrected chi connectivity index (χ4v) is 3.65. The van der Waals surface area contributed by atoms with Gasteiger partial charge in [-0.2, -0.15) is 10.1 Å². The van der Waals surface area contributed by atoms with Gasteiger partial charge in [-0.15, -0.1) is 0 Å². The highest BCUT2D eigenvalue weighted by atomic mass is 15.3. The van der Waals surface area contributed by atoms with Crippen LogP contribution in [0.2, 0.25) is 0 Å². The van der Waals surface area contributed by atoms with Crippen LogP contribution < -0.4 is 15.5 Å². The first kappa shape index (κ1) is 14.2. The first-order valence-electron chi connectivity index (χ1n) is 9.04. The molecule has 24 heavy (non-hydrogen) atoms. The van der Waals surface area contributed by atoms with Crippen LogP contribution >= 0.6 is 0 Å². The summed E-state index contributed by atoms with van der Waals surface area (Å²) in [6.45, 7) is 3.92. The molecule has 2 aliphatic carbocycles. The van der Waals surface area contributed by atoms with E-state index in [1.807, 2.05) is 0 Å². The normalized spacial score (nSPS) is 20.2. The lowest BCUT2D eigenvalue weighted by atomic mass is 10.2. The minimum absolute atomic E-state index is 0.681. The van der Waals surface area contributed by atoms with Crippen molar-refractivity contribution in [2.24, 2.45) is 0 Å². The van der Waals surface area contributed by atoms with Gasteiger partial charge in [-0.3, -0.25) is 5.10 Å². The summed E-state index contributed by atoms with van der Waals surface area (Å²) in [6, 6.07) is 2.13. The largest absolute Gasteiger partial charge is 0.338 e. The molecule has 0 spiro atoms. The van der Waals surface area contributed by atoms with Gasteiger partial charge < -0.3 is 15.5 Å². The molecule has 1 saturated carbocycles. The molecule has 1 aliphatic heterocycles. The summed E-state index contributed by atoms with van der Waals surface area (Å²) < 4.78 is 0. The second-order valence-electron chi connectivity index (χ2n) is 7.00. The van der Waals surface area contributed by atoms with Gasteiger partial charge in [0.05, 0.1) is 5.69 Å². The van der Waals surface area contributed by atoms with E-state index >= 15 is 0 Å². The number of nitrogens with zero attached hydrogens (tertiary/aromatic N) is 4. The van der Waals surface area contributed by atoms with Crippen LogP contribution in [0.15, 0.2) is 6.07 Å². The lowest BCUT2D eigenvalue weighted by molar-refractivity contribution is 0.579. The van der Waals surface area contributed by atoms with E-state index in [2.05, 4.69) is 31.8 Å². The van der Waals surface area contributed by atoms with Gasteiger partial charge in [0.15, 0.2) is 5.82 Å². The SMILES string of the molecule is c1c(Nc2nc(N3CCNCC3)nc3c2CCC3)n[nH]c1C1CC1. The monoisotopic (exact) mass is 325 g/mol. The summed E-state index contributed by atoms with van der Waals surface area (Å²) in [5.41, 5.74) is 3.72. The van der Waals surface area contributed by atoms with Crippen molar-refractivity contribution in [1.29, 1.82) is 0 Å². The van der Waals surface area contributed by atoms with E-state index in [-0.39, 0.29) is 0 Å². The van der Waals surface area contributed by atoms with E-state index in [1.165, 1.54) is 29.8 Å². The molecule has 3 aliphatic rings. The Bertz CT molecular complexity index is 743. The molecular formula is C17H23N7. The van der Waals surface area contributed by atoms with E-state index in [0.717, 1.165) is 63.0 Å². The molecule has 0 atom stereocenters. The predicted molar refractivity (Wildman–Crippen MR) is 93.0 cm³/mol. The number of anilines is 3. The molecule has 3 heterocycles. The fourth-order valence-electron chi connectivity index (χ4n) is 3.65. The maximum Gasteiger partial charge on any atom is 0.227 e. The van der Waals surface area contributed by atoms with Crippen LogP contribution in [0.1, 0.15) is 42.1 Å². The van der Waals surface area contributed by atoms with Crippen LogP contribution in [-0.4, -0.2) is 46.3 Å². The van der Waals surface area contributed by atoms with Crippen molar-refractivity contribution >= 4 is 17.6 Å². The van der Waals surface area contributed by atoms with Crippen molar-refractivity contribution in [3.63, 3.8) is 0 Å². The van der Waals surface area contributed by atoms with Gasteiger partial charge in [-0.1, -0.05) is 0 Å². The number of piperazine rings is 1. The van der Waals surface area contributed by atoms with Crippen LogP contribution in [0.25, 0.3) is 0 Å². The third-order valence-electron chi connectivity index (χ3n) is 5.18. The van der Waals surface area contributed by atoms with Gasteiger partial charge in [0.2, 0.25) is 5.95 Å². The maximum atomic E-state index is 4.86. The number of aromatic nitrogens is 4. The van der Waals surface area contributed by atoms with E-state index in [1.54, 1.807) is 0 Å². The summed E-state index contributed by atoms with van der Waals surface area (Å²) in [5.74, 6) is 3.36. The van der Waals surface area contributed by atoms with Crippen molar-refractivity contribution in [2.45, 2.75) is 38.0 Å². The van der Waals surface area contributed by atoms with Gasteiger partial charge in [0, 0.05) is 49.4 Å². The highest BCUT2D eigenvalue weighted by molar-refractivity contribution is 5.60. The molecule has 5 rings (SSSR count). The van der Waals surface area contributed by atoms with Crippen molar-refractivity contribution in [3.8, 4) is 0 Å². The zero-order chi connectivity index (χ0) is 15.9. The molecule has 0 aromatic carbocycles. The number of H-pyrrole nitrogens is 1. The van der Waals surface area contributed by atoms with Crippen LogP contribution in [0.5, 0.6) is 0 Å². The average Bonchev–Trinajstić information content (AvgIpc) is 3.17. The van der Waals surface area contributed by atoms with Gasteiger partial charge in [0.25, 0.3) is 0 Å². The Morgan fingerprint density at radius 3 is 2.83 bits per heavy atom. The van der Waals surface area contributed by atoms with Crippen molar-refractivity contribution < 1.29 is 0 Å². The first-order valence-corrected chi connectivity index (χ1v) is 9.04. The highest BCUT2D eigenvalue weighted by Crippen LogP contribution is 2.40. The Balaban J connectivity index is 1.45. The van der Waals surface area contributed by atoms with Crippen molar-refractivity contribution in [1.82, 2.24) is 25.5 Å². The molecule has 2 aromatic heterocycles. The van der Waals surface area contributed by atoms with Gasteiger partial charge in [0.1, 0.15) is 5.82 Å². The van der Waals surface area contributed by atoms with E-state index in [4.69, 9.17) is 9.97 Å². The van der Waals surface area contributed by atoms with Gasteiger partial charge >= 0.3 is 0 Å². The Morgan fingerprint density at radius 2 is 2.00 bits per heavy atom. The summed E-state index contributed by atoms with van der Waals surface area (Å²) in [5, 5.41) is 14.4. The Labute approximate surface area is 141 Å². The predicted octanol–water partition coefficient (Wildman–Crippen LogP) is 1.72. The standard InChI is InChI=1S/C17H23N7/c1-2-12-13(3-1)19-17(24-8-6-18-7-9-24)21-16(12)20-15-10-14(22-23-15)11-4-5-11/h10-11,18H,1-9H2,(H2,19,20,21,22,23). The average molecular weight is 325 g/mol. The Kier molecular flexibility index (Phi) is 3.40. The number of hydrogen-bond donors (Lipinski definition) is 3. The smallest absolute Gasteiger partial charge is 0.227 e. The summed E-state index contributed by atoms with van der Waals surface area (Å²) in [7, 11) is 0. The number of rotatable bonds is 4. The lowest BCUT2D eigenvalue weighted by Crippen LogP contribution is -2.44. The third-order valence-corrected chi connectivity index (χ3v) is 5.18. The summed E-state index contributed by atoms with van der Waals surface area (Å²) in [4.78, 5) is 12.0. The number of hydrogen-bond acceptors (Lipinski definition) is 6. The molecule has 2 fully saturated rings. The van der Waals surface area contributed by atoms with E-state index in [9.17, 15) is 0 Å². The highest BCUT2D eigenvalue weighted by Gasteiger charge is 2.26. The molecule has 1 saturated heterocycles. The van der Waals surface area contributed by atoms with Crippen LogP contribution in [-0.2, 0) is 12.8 Å². The minimum Gasteiger partial charge on any atom is -0.338 e. The van der Waals surface area contributed by atoms with Crippen LogP contribution in [0.4, 0.5) is 17.6 Å². The quantitative estimate of drug-likeness (QED) is 0.794. The number of aromatic amines is 1. The summed E-state index contributed by atoms with van der Waals surface area (Å²) in [6.07, 6.45) is 5.83. The minimum atomic E-state index is 0.681.